The summed E-state index contributed by atoms with van der Waals surface area (Å²) in [6.07, 6.45) is 1.67. The molecule has 3 aromatic rings. The molecule has 172 valence electrons. The molecule has 1 saturated heterocycles. The number of anilines is 1. The van der Waals surface area contributed by atoms with Crippen molar-refractivity contribution in [2.45, 2.75) is 0 Å². The summed E-state index contributed by atoms with van der Waals surface area (Å²) in [6.45, 7) is 5.69. The first kappa shape index (κ1) is 23.0. The van der Waals surface area contributed by atoms with Gasteiger partial charge < -0.3 is 21.1 Å². The Hall–Kier alpha value is -3.13. The van der Waals surface area contributed by atoms with E-state index in [4.69, 9.17) is 27.8 Å². The van der Waals surface area contributed by atoms with Crippen LogP contribution in [0.2, 0.25) is 5.02 Å². The van der Waals surface area contributed by atoms with Crippen LogP contribution in [0.1, 0.15) is 10.4 Å². The van der Waals surface area contributed by atoms with Crippen LogP contribution < -0.4 is 16.2 Å². The number of hydrogen-bond acceptors (Lipinski definition) is 6. The maximum absolute atomic E-state index is 12.0. The minimum atomic E-state index is -0.525. The SMILES string of the molecule is CN1CCN(CCOc2cnc(-c3ccc(C(N)=O)c(-c4ccccc4N)c3)c(Cl)c2)CC1. The van der Waals surface area contributed by atoms with E-state index < -0.39 is 5.91 Å². The molecule has 1 amide bonds. The van der Waals surface area contributed by atoms with Gasteiger partial charge in [0, 0.05) is 61.2 Å². The molecule has 0 bridgehead atoms. The molecule has 4 rings (SSSR count). The van der Waals surface area contributed by atoms with Crippen LogP contribution in [-0.2, 0) is 0 Å². The Morgan fingerprint density at radius 3 is 2.55 bits per heavy atom. The number of carbonyl (C=O) groups is 1. The first-order valence-electron chi connectivity index (χ1n) is 10.9. The molecule has 1 aliphatic heterocycles. The number of nitrogens with zero attached hydrogens (tertiary/aromatic N) is 3. The van der Waals surface area contributed by atoms with Gasteiger partial charge >= 0.3 is 0 Å². The molecule has 4 N–H and O–H groups in total. The quantitative estimate of drug-likeness (QED) is 0.519. The van der Waals surface area contributed by atoms with Crippen molar-refractivity contribution in [3.63, 3.8) is 0 Å². The van der Waals surface area contributed by atoms with E-state index in [1.807, 2.05) is 24.3 Å². The summed E-state index contributed by atoms with van der Waals surface area (Å²) >= 11 is 6.56. The lowest BCUT2D eigenvalue weighted by Crippen LogP contribution is -2.45. The van der Waals surface area contributed by atoms with Crippen LogP contribution in [-0.4, -0.2) is 67.1 Å². The van der Waals surface area contributed by atoms with E-state index in [9.17, 15) is 4.79 Å². The van der Waals surface area contributed by atoms with Crippen molar-refractivity contribution in [1.82, 2.24) is 14.8 Å². The van der Waals surface area contributed by atoms with E-state index in [0.717, 1.165) is 43.9 Å². The van der Waals surface area contributed by atoms with Crippen LogP contribution in [0.25, 0.3) is 22.4 Å². The van der Waals surface area contributed by atoms with E-state index in [0.29, 0.717) is 39.9 Å². The van der Waals surface area contributed by atoms with Gasteiger partial charge in [-0.3, -0.25) is 14.7 Å². The topological polar surface area (TPSA) is 97.7 Å². The number of piperazine rings is 1. The summed E-state index contributed by atoms with van der Waals surface area (Å²) in [7, 11) is 2.14. The number of primary amides is 1. The maximum atomic E-state index is 12.0. The van der Waals surface area contributed by atoms with E-state index in [1.54, 1.807) is 30.5 Å². The fourth-order valence-corrected chi connectivity index (χ4v) is 4.21. The molecule has 33 heavy (non-hydrogen) atoms. The summed E-state index contributed by atoms with van der Waals surface area (Å²) in [4.78, 5) is 21.3. The summed E-state index contributed by atoms with van der Waals surface area (Å²) in [5, 5.41) is 0.464. The number of nitrogen functional groups attached to an aromatic ring is 1. The fourth-order valence-electron chi connectivity index (χ4n) is 3.95. The standard InChI is InChI=1S/C25H28ClN5O2/c1-30-8-10-31(11-9-30)12-13-33-18-15-22(26)24(29-16-18)17-6-7-20(25(28)32)21(14-17)19-4-2-3-5-23(19)27/h2-7,14-16H,8-13,27H2,1H3,(H2,28,32). The Labute approximate surface area is 198 Å². The van der Waals surface area contributed by atoms with Crippen molar-refractivity contribution < 1.29 is 9.53 Å². The zero-order chi connectivity index (χ0) is 23.4. The van der Waals surface area contributed by atoms with Gasteiger partial charge in [0.25, 0.3) is 0 Å². The van der Waals surface area contributed by atoms with Gasteiger partial charge in [-0.05, 0) is 30.8 Å². The number of rotatable bonds is 7. The Morgan fingerprint density at radius 1 is 1.09 bits per heavy atom. The summed E-state index contributed by atoms with van der Waals surface area (Å²) in [6, 6.07) is 14.4. The number of nitrogens with two attached hydrogens (primary N) is 2. The van der Waals surface area contributed by atoms with Gasteiger partial charge in [0.1, 0.15) is 12.4 Å². The number of hydrogen-bond donors (Lipinski definition) is 2. The summed E-state index contributed by atoms with van der Waals surface area (Å²) < 4.78 is 5.89. The van der Waals surface area contributed by atoms with Crippen molar-refractivity contribution in [2.75, 3.05) is 52.1 Å². The van der Waals surface area contributed by atoms with Gasteiger partial charge in [0.15, 0.2) is 0 Å². The Morgan fingerprint density at radius 2 is 1.85 bits per heavy atom. The predicted molar refractivity (Wildman–Crippen MR) is 132 cm³/mol. The van der Waals surface area contributed by atoms with Crippen molar-refractivity contribution in [3.8, 4) is 28.1 Å². The van der Waals surface area contributed by atoms with Crippen molar-refractivity contribution >= 4 is 23.2 Å². The van der Waals surface area contributed by atoms with E-state index in [2.05, 4.69) is 21.8 Å². The Bertz CT molecular complexity index is 1150. The van der Waals surface area contributed by atoms with Gasteiger partial charge in [-0.2, -0.15) is 0 Å². The lowest BCUT2D eigenvalue weighted by atomic mass is 9.94. The average Bonchev–Trinajstić information content (AvgIpc) is 2.80. The number of aromatic nitrogens is 1. The molecule has 7 nitrogen and oxygen atoms in total. The second kappa shape index (κ2) is 10.2. The van der Waals surface area contributed by atoms with Gasteiger partial charge in [-0.1, -0.05) is 35.9 Å². The smallest absolute Gasteiger partial charge is 0.249 e. The molecular weight excluding hydrogens is 438 g/mol. The highest BCUT2D eigenvalue weighted by Gasteiger charge is 2.16. The first-order chi connectivity index (χ1) is 15.9. The third kappa shape index (κ3) is 5.45. The first-order valence-corrected chi connectivity index (χ1v) is 11.3. The fraction of sp³-hybridized carbons (Fsp3) is 0.280. The number of halogens is 1. The zero-order valence-corrected chi connectivity index (χ0v) is 19.4. The van der Waals surface area contributed by atoms with Crippen molar-refractivity contribution in [1.29, 1.82) is 0 Å². The minimum Gasteiger partial charge on any atom is -0.491 e. The number of ether oxygens (including phenoxy) is 1. The van der Waals surface area contributed by atoms with Gasteiger partial charge in [0.05, 0.1) is 16.9 Å². The van der Waals surface area contributed by atoms with Gasteiger partial charge in [-0.15, -0.1) is 0 Å². The third-order valence-corrected chi connectivity index (χ3v) is 6.19. The summed E-state index contributed by atoms with van der Waals surface area (Å²) in [5.74, 6) is 0.0992. The number of pyridine rings is 1. The molecule has 1 aliphatic rings. The highest BCUT2D eigenvalue weighted by atomic mass is 35.5. The minimum absolute atomic E-state index is 0.386. The number of carbonyl (C=O) groups excluding carboxylic acids is 1. The number of benzene rings is 2. The monoisotopic (exact) mass is 465 g/mol. The molecule has 1 aromatic heterocycles. The molecule has 1 fully saturated rings. The lowest BCUT2D eigenvalue weighted by Gasteiger charge is -2.32. The molecule has 0 aliphatic carbocycles. The molecule has 2 heterocycles. The summed E-state index contributed by atoms with van der Waals surface area (Å²) in [5.41, 5.74) is 15.4. The molecule has 0 radical (unpaired) electrons. The van der Waals surface area contributed by atoms with Crippen molar-refractivity contribution in [3.05, 3.63) is 65.3 Å². The van der Waals surface area contributed by atoms with Crippen LogP contribution in [0, 0.1) is 0 Å². The van der Waals surface area contributed by atoms with Crippen LogP contribution in [0.3, 0.4) is 0 Å². The second-order valence-corrected chi connectivity index (χ2v) is 8.61. The number of para-hydroxylation sites is 1. The number of likely N-dealkylation sites (N-methyl/N-ethyl adjacent to an activating group) is 1. The van der Waals surface area contributed by atoms with Crippen LogP contribution >= 0.6 is 11.6 Å². The largest absolute Gasteiger partial charge is 0.491 e. The second-order valence-electron chi connectivity index (χ2n) is 8.21. The lowest BCUT2D eigenvalue weighted by molar-refractivity contribution is 0.100. The highest BCUT2D eigenvalue weighted by Crippen LogP contribution is 2.35. The normalized spacial score (nSPS) is 14.8. The van der Waals surface area contributed by atoms with Crippen LogP contribution in [0.15, 0.2) is 54.7 Å². The van der Waals surface area contributed by atoms with Gasteiger partial charge in [0.2, 0.25) is 5.91 Å². The predicted octanol–water partition coefficient (Wildman–Crippen LogP) is 3.38. The Kier molecular flexibility index (Phi) is 7.13. The van der Waals surface area contributed by atoms with Crippen molar-refractivity contribution in [2.24, 2.45) is 5.73 Å². The molecular formula is C25H28ClN5O2. The average molecular weight is 466 g/mol. The Balaban J connectivity index is 1.52. The molecule has 0 unspecified atom stereocenters. The van der Waals surface area contributed by atoms with Crippen LogP contribution in [0.5, 0.6) is 5.75 Å². The zero-order valence-electron chi connectivity index (χ0n) is 18.6. The maximum Gasteiger partial charge on any atom is 0.249 e. The third-order valence-electron chi connectivity index (χ3n) is 5.90. The molecule has 0 spiro atoms. The van der Waals surface area contributed by atoms with Gasteiger partial charge in [-0.25, -0.2) is 0 Å². The van der Waals surface area contributed by atoms with E-state index >= 15 is 0 Å². The molecule has 0 saturated carbocycles. The highest BCUT2D eigenvalue weighted by molar-refractivity contribution is 6.33. The number of amides is 1. The van der Waals surface area contributed by atoms with E-state index in [1.165, 1.54) is 0 Å². The van der Waals surface area contributed by atoms with Crippen LogP contribution in [0.4, 0.5) is 5.69 Å². The molecule has 0 atom stereocenters. The molecule has 8 heteroatoms. The molecule has 2 aromatic carbocycles. The van der Waals surface area contributed by atoms with E-state index in [-0.39, 0.29) is 0 Å².